The standard InChI is InChI=1S/C14H22IN3O2/c1-4-18(5-2)7-6-17-14(19)10-8-11(15)12(16)9-13(10)20-3/h8-9H,4-7,16H2,1-3H3,(H,17,19)/i15+4. The van der Waals surface area contributed by atoms with Crippen LogP contribution in [0.3, 0.4) is 0 Å². The molecule has 0 fully saturated rings. The number of hydrogen-bond acceptors (Lipinski definition) is 4. The predicted molar refractivity (Wildman–Crippen MR) is 90.2 cm³/mol. The van der Waals surface area contributed by atoms with Crippen LogP contribution < -0.4 is 15.8 Å². The van der Waals surface area contributed by atoms with Gasteiger partial charge in [0.2, 0.25) is 0 Å². The van der Waals surface area contributed by atoms with Crippen LogP contribution in [0.1, 0.15) is 24.2 Å². The van der Waals surface area contributed by atoms with Gasteiger partial charge in [-0.2, -0.15) is 0 Å². The number of likely N-dealkylation sites (N-methyl/N-ethyl adjacent to an activating group) is 1. The van der Waals surface area contributed by atoms with E-state index in [-0.39, 0.29) is 5.91 Å². The molecule has 0 unspecified atom stereocenters. The van der Waals surface area contributed by atoms with Gasteiger partial charge in [0.05, 0.1) is 12.7 Å². The SMILES string of the molecule is CCN(CC)CCNC(=O)c1cc([131I])c(N)cc1OC. The second-order valence-corrected chi connectivity index (χ2v) is 5.52. The Kier molecular flexibility index (Phi) is 7.08. The van der Waals surface area contributed by atoms with Crippen molar-refractivity contribution in [2.75, 3.05) is 39.0 Å². The van der Waals surface area contributed by atoms with Crippen molar-refractivity contribution in [1.29, 1.82) is 0 Å². The number of nitrogens with two attached hydrogens (primary N) is 1. The average Bonchev–Trinajstić information content (AvgIpc) is 2.45. The van der Waals surface area contributed by atoms with E-state index in [2.05, 4.69) is 46.7 Å². The summed E-state index contributed by atoms with van der Waals surface area (Å²) < 4.78 is 6.06. The monoisotopic (exact) mass is 395 g/mol. The number of anilines is 1. The van der Waals surface area contributed by atoms with Crippen LogP contribution in [0.5, 0.6) is 5.75 Å². The summed E-state index contributed by atoms with van der Waals surface area (Å²) in [4.78, 5) is 14.4. The lowest BCUT2D eigenvalue weighted by atomic mass is 10.1. The number of carbonyl (C=O) groups excluding carboxylic acids is 1. The lowest BCUT2D eigenvalue weighted by Gasteiger charge is -2.18. The van der Waals surface area contributed by atoms with Gasteiger partial charge in [-0.25, -0.2) is 0 Å². The van der Waals surface area contributed by atoms with Crippen LogP contribution in [0.25, 0.3) is 0 Å². The Morgan fingerprint density at radius 2 is 2.05 bits per heavy atom. The van der Waals surface area contributed by atoms with E-state index in [1.54, 1.807) is 12.1 Å². The Balaban J connectivity index is 2.70. The molecule has 0 aliphatic carbocycles. The quantitative estimate of drug-likeness (QED) is 0.547. The molecule has 20 heavy (non-hydrogen) atoms. The van der Waals surface area contributed by atoms with E-state index < -0.39 is 0 Å². The fraction of sp³-hybridized carbons (Fsp3) is 0.500. The summed E-state index contributed by atoms with van der Waals surface area (Å²) in [6.45, 7) is 7.63. The number of nitrogen functional groups attached to an aromatic ring is 1. The zero-order valence-corrected chi connectivity index (χ0v) is 14.4. The number of hydrogen-bond donors (Lipinski definition) is 2. The molecule has 1 aromatic rings. The van der Waals surface area contributed by atoms with E-state index in [0.29, 0.717) is 23.5 Å². The largest absolute Gasteiger partial charge is 0.496 e. The molecular weight excluding hydrogens is 373 g/mol. The third kappa shape index (κ3) is 4.52. The molecule has 0 saturated heterocycles. The molecule has 0 heterocycles. The highest BCUT2D eigenvalue weighted by atomic mass is 131. The van der Waals surface area contributed by atoms with Gasteiger partial charge < -0.3 is 20.7 Å². The minimum Gasteiger partial charge on any atom is -0.496 e. The number of amides is 1. The molecule has 1 amide bonds. The topological polar surface area (TPSA) is 67.6 Å². The zero-order valence-electron chi connectivity index (χ0n) is 12.2. The van der Waals surface area contributed by atoms with Crippen LogP contribution >= 0.6 is 22.6 Å². The number of carbonyl (C=O) groups is 1. The molecule has 3 N–H and O–H groups in total. The van der Waals surface area contributed by atoms with Gasteiger partial charge >= 0.3 is 0 Å². The van der Waals surface area contributed by atoms with Crippen LogP contribution in [0.4, 0.5) is 5.69 Å². The zero-order chi connectivity index (χ0) is 15.1. The number of benzene rings is 1. The van der Waals surface area contributed by atoms with Crippen LogP contribution in [0, 0.1) is 3.57 Å². The average molecular weight is 395 g/mol. The number of methoxy groups -OCH3 is 1. The summed E-state index contributed by atoms with van der Waals surface area (Å²) in [6.07, 6.45) is 0. The van der Waals surface area contributed by atoms with E-state index in [0.717, 1.165) is 23.2 Å². The van der Waals surface area contributed by atoms with Crippen molar-refractivity contribution in [1.82, 2.24) is 10.2 Å². The number of nitrogens with one attached hydrogen (secondary N) is 1. The molecule has 1 rings (SSSR count). The maximum absolute atomic E-state index is 12.2. The molecule has 6 heteroatoms. The molecule has 0 aromatic heterocycles. The van der Waals surface area contributed by atoms with Crippen LogP contribution in [0.15, 0.2) is 12.1 Å². The minimum absolute atomic E-state index is 0.132. The van der Waals surface area contributed by atoms with Crippen LogP contribution in [-0.4, -0.2) is 44.1 Å². The van der Waals surface area contributed by atoms with Crippen molar-refractivity contribution in [3.63, 3.8) is 0 Å². The molecule has 5 nitrogen and oxygen atoms in total. The normalized spacial score (nSPS) is 10.7. The highest BCUT2D eigenvalue weighted by Crippen LogP contribution is 2.26. The van der Waals surface area contributed by atoms with E-state index in [1.165, 1.54) is 7.11 Å². The molecule has 0 spiro atoms. The molecule has 0 aliphatic rings. The van der Waals surface area contributed by atoms with Crippen LogP contribution in [-0.2, 0) is 0 Å². The molecule has 0 aliphatic heterocycles. The molecule has 1 aromatic carbocycles. The summed E-state index contributed by atoms with van der Waals surface area (Å²) in [7, 11) is 1.54. The lowest BCUT2D eigenvalue weighted by molar-refractivity contribution is 0.0946. The van der Waals surface area contributed by atoms with Crippen molar-refractivity contribution in [3.05, 3.63) is 21.3 Å². The van der Waals surface area contributed by atoms with Gasteiger partial charge in [-0.3, -0.25) is 4.79 Å². The number of ether oxygens (including phenoxy) is 1. The molecule has 0 radical (unpaired) electrons. The summed E-state index contributed by atoms with van der Waals surface area (Å²) in [5.41, 5.74) is 6.95. The Labute approximate surface area is 134 Å². The number of halogens is 1. The van der Waals surface area contributed by atoms with Crippen molar-refractivity contribution in [2.24, 2.45) is 0 Å². The van der Waals surface area contributed by atoms with Crippen LogP contribution in [0.2, 0.25) is 0 Å². The highest BCUT2D eigenvalue weighted by molar-refractivity contribution is 14.1. The van der Waals surface area contributed by atoms with Gasteiger partial charge in [0.15, 0.2) is 0 Å². The number of nitrogens with zero attached hydrogens (tertiary/aromatic N) is 1. The summed E-state index contributed by atoms with van der Waals surface area (Å²) in [5, 5.41) is 2.91. The smallest absolute Gasteiger partial charge is 0.255 e. The van der Waals surface area contributed by atoms with E-state index in [1.807, 2.05) is 0 Å². The van der Waals surface area contributed by atoms with Gasteiger partial charge in [-0.15, -0.1) is 0 Å². The van der Waals surface area contributed by atoms with Gasteiger partial charge in [-0.1, -0.05) is 13.8 Å². The summed E-state index contributed by atoms with van der Waals surface area (Å²) in [6, 6.07) is 3.43. The van der Waals surface area contributed by atoms with E-state index >= 15 is 0 Å². The summed E-state index contributed by atoms with van der Waals surface area (Å²) >= 11 is 2.11. The first-order chi connectivity index (χ1) is 9.53. The predicted octanol–water partition coefficient (Wildman–Crippen LogP) is 1.95. The van der Waals surface area contributed by atoms with Gasteiger partial charge in [0, 0.05) is 28.4 Å². The van der Waals surface area contributed by atoms with Gasteiger partial charge in [-0.05, 0) is 41.7 Å². The molecule has 112 valence electrons. The lowest BCUT2D eigenvalue weighted by Crippen LogP contribution is -2.35. The second kappa shape index (κ2) is 8.31. The Morgan fingerprint density at radius 3 is 2.60 bits per heavy atom. The fourth-order valence-corrected chi connectivity index (χ4v) is 2.35. The fourth-order valence-electron chi connectivity index (χ4n) is 1.88. The van der Waals surface area contributed by atoms with Crippen molar-refractivity contribution < 1.29 is 9.53 Å². The minimum atomic E-state index is -0.132. The molecular formula is C14H22IN3O2. The Hall–Kier alpha value is -1.02. The van der Waals surface area contributed by atoms with E-state index in [9.17, 15) is 4.79 Å². The van der Waals surface area contributed by atoms with Crippen molar-refractivity contribution in [3.8, 4) is 5.75 Å². The van der Waals surface area contributed by atoms with Crippen molar-refractivity contribution in [2.45, 2.75) is 13.8 Å². The number of rotatable bonds is 7. The van der Waals surface area contributed by atoms with Gasteiger partial charge in [0.1, 0.15) is 5.75 Å². The molecule has 0 atom stereocenters. The molecule has 0 saturated carbocycles. The maximum atomic E-state index is 12.2. The molecule has 0 bridgehead atoms. The Bertz CT molecular complexity index is 462. The first kappa shape index (κ1) is 17.0. The third-order valence-corrected chi connectivity index (χ3v) is 4.11. The second-order valence-electron chi connectivity index (χ2n) is 4.36. The van der Waals surface area contributed by atoms with Crippen molar-refractivity contribution >= 4 is 34.2 Å². The van der Waals surface area contributed by atoms with E-state index in [4.69, 9.17) is 10.5 Å². The first-order valence-electron chi connectivity index (χ1n) is 6.67. The van der Waals surface area contributed by atoms with Gasteiger partial charge in [0.25, 0.3) is 5.91 Å². The maximum Gasteiger partial charge on any atom is 0.255 e. The summed E-state index contributed by atoms with van der Waals surface area (Å²) in [5.74, 6) is 0.371. The first-order valence-corrected chi connectivity index (χ1v) is 7.74. The Morgan fingerprint density at radius 1 is 1.40 bits per heavy atom. The third-order valence-electron chi connectivity index (χ3n) is 3.17. The highest BCUT2D eigenvalue weighted by Gasteiger charge is 2.14.